The van der Waals surface area contributed by atoms with E-state index in [0.717, 1.165) is 34.9 Å². The van der Waals surface area contributed by atoms with Crippen LogP contribution in [0.2, 0.25) is 0 Å². The zero-order chi connectivity index (χ0) is 22.7. The second-order valence-electron chi connectivity index (χ2n) is 6.01. The van der Waals surface area contributed by atoms with E-state index in [1.54, 1.807) is 12.1 Å². The zero-order valence-corrected chi connectivity index (χ0v) is 16.9. The molecule has 0 atom stereocenters. The number of aliphatic carboxylic acids is 1. The molecule has 3 rings (SSSR count). The molecule has 0 saturated carbocycles. The second-order valence-corrected chi connectivity index (χ2v) is 7.69. The molecule has 1 amide bonds. The summed E-state index contributed by atoms with van der Waals surface area (Å²) in [5, 5.41) is 32.7. The molecule has 0 aliphatic carbocycles. The first-order chi connectivity index (χ1) is 14.6. The lowest BCUT2D eigenvalue weighted by molar-refractivity contribution is -0.394. The number of carbonyl (C=O) groups is 2. The Hall–Kier alpha value is -3.84. The molecule has 1 aliphatic rings. The maximum absolute atomic E-state index is 12.3. The number of nitro groups is 2. The van der Waals surface area contributed by atoms with Gasteiger partial charge >= 0.3 is 0 Å². The van der Waals surface area contributed by atoms with E-state index >= 15 is 0 Å². The van der Waals surface area contributed by atoms with Gasteiger partial charge in [-0.2, -0.15) is 0 Å². The molecule has 2 aromatic carbocycles. The zero-order valence-electron chi connectivity index (χ0n) is 15.3. The number of thiocarbonyl (C=S) groups is 1. The van der Waals surface area contributed by atoms with Crippen LogP contribution in [0, 0.1) is 20.2 Å². The smallest absolute Gasteiger partial charge is 0.280 e. The van der Waals surface area contributed by atoms with Crippen LogP contribution in [0.4, 0.5) is 11.4 Å². The molecular weight excluding hydrogens is 450 g/mol. The molecule has 0 unspecified atom stereocenters. The van der Waals surface area contributed by atoms with Gasteiger partial charge in [-0.05, 0) is 23.8 Å². The number of carboxylic acid groups (broad SMARTS) is 1. The fourth-order valence-electron chi connectivity index (χ4n) is 2.52. The van der Waals surface area contributed by atoms with Crippen molar-refractivity contribution in [2.75, 3.05) is 6.54 Å². The normalized spacial score (nSPS) is 14.7. The van der Waals surface area contributed by atoms with E-state index < -0.39 is 39.6 Å². The topological polar surface area (TPSA) is 156 Å². The summed E-state index contributed by atoms with van der Waals surface area (Å²) in [5.41, 5.74) is -0.398. The number of ether oxygens (including phenoxy) is 1. The summed E-state index contributed by atoms with van der Waals surface area (Å²) in [7, 11) is 0. The summed E-state index contributed by atoms with van der Waals surface area (Å²) in [4.78, 5) is 44.6. The van der Waals surface area contributed by atoms with Crippen LogP contribution in [-0.2, 0) is 9.59 Å². The van der Waals surface area contributed by atoms with Crippen molar-refractivity contribution in [2.24, 2.45) is 0 Å². The first-order valence-electron chi connectivity index (χ1n) is 8.31. The third kappa shape index (κ3) is 5.21. The minimum Gasteiger partial charge on any atom is -0.548 e. The van der Waals surface area contributed by atoms with E-state index in [1.165, 1.54) is 18.2 Å². The molecule has 11 nitrogen and oxygen atoms in total. The maximum atomic E-state index is 12.3. The summed E-state index contributed by atoms with van der Waals surface area (Å²) in [6, 6.07) is 9.09. The molecule has 1 fully saturated rings. The van der Waals surface area contributed by atoms with Crippen molar-refractivity contribution in [1.29, 1.82) is 0 Å². The highest BCUT2D eigenvalue weighted by atomic mass is 32.2. The quantitative estimate of drug-likeness (QED) is 0.260. The van der Waals surface area contributed by atoms with Crippen LogP contribution in [0.5, 0.6) is 11.5 Å². The van der Waals surface area contributed by atoms with Crippen LogP contribution in [0.3, 0.4) is 0 Å². The molecule has 1 aliphatic heterocycles. The lowest BCUT2D eigenvalue weighted by atomic mass is 10.2. The molecule has 1 heterocycles. The number of rotatable bonds is 7. The van der Waals surface area contributed by atoms with Crippen LogP contribution in [0.15, 0.2) is 47.4 Å². The SMILES string of the molecule is O=C([O-])CN1C(=O)/C(=C\c2ccc(Oc3cc([N+](=O)[O-])cc([N+](=O)[O-])c3)cc2)SC1=S. The monoisotopic (exact) mass is 460 g/mol. The van der Waals surface area contributed by atoms with Crippen LogP contribution in [-0.4, -0.2) is 37.5 Å². The Morgan fingerprint density at radius 3 is 2.16 bits per heavy atom. The van der Waals surface area contributed by atoms with Crippen LogP contribution < -0.4 is 9.84 Å². The van der Waals surface area contributed by atoms with Gasteiger partial charge in [0, 0.05) is 0 Å². The average Bonchev–Trinajstić information content (AvgIpc) is 2.96. The number of nitrogens with zero attached hydrogens (tertiary/aromatic N) is 3. The van der Waals surface area contributed by atoms with Crippen molar-refractivity contribution in [1.82, 2.24) is 4.90 Å². The Bertz CT molecular complexity index is 1110. The van der Waals surface area contributed by atoms with Crippen LogP contribution in [0.1, 0.15) is 5.56 Å². The maximum Gasteiger partial charge on any atom is 0.280 e. The Balaban J connectivity index is 1.79. The summed E-state index contributed by atoms with van der Waals surface area (Å²) >= 11 is 5.95. The van der Waals surface area contributed by atoms with Crippen molar-refractivity contribution >= 4 is 57.6 Å². The van der Waals surface area contributed by atoms with Gasteiger partial charge in [-0.25, -0.2) is 0 Å². The summed E-state index contributed by atoms with van der Waals surface area (Å²) in [6.07, 6.45) is 1.51. The molecule has 0 aromatic heterocycles. The third-order valence-electron chi connectivity index (χ3n) is 3.87. The van der Waals surface area contributed by atoms with Gasteiger partial charge < -0.3 is 14.6 Å². The largest absolute Gasteiger partial charge is 0.548 e. The van der Waals surface area contributed by atoms with Gasteiger partial charge in [0.15, 0.2) is 0 Å². The van der Waals surface area contributed by atoms with E-state index in [-0.39, 0.29) is 20.7 Å². The summed E-state index contributed by atoms with van der Waals surface area (Å²) < 4.78 is 5.59. The van der Waals surface area contributed by atoms with Gasteiger partial charge in [0.1, 0.15) is 15.8 Å². The molecule has 13 heteroatoms. The van der Waals surface area contributed by atoms with Crippen molar-refractivity contribution < 1.29 is 29.3 Å². The van der Waals surface area contributed by atoms with E-state index in [4.69, 9.17) is 17.0 Å². The fourth-order valence-corrected chi connectivity index (χ4v) is 3.78. The molecular formula is C18H10N3O8S2-. The molecule has 158 valence electrons. The highest BCUT2D eigenvalue weighted by molar-refractivity contribution is 8.26. The second kappa shape index (κ2) is 8.89. The van der Waals surface area contributed by atoms with Gasteiger partial charge in [0.25, 0.3) is 17.3 Å². The van der Waals surface area contributed by atoms with Crippen molar-refractivity contribution in [2.45, 2.75) is 0 Å². The molecule has 0 N–H and O–H groups in total. The Labute approximate surface area is 183 Å². The van der Waals surface area contributed by atoms with Gasteiger partial charge in [-0.1, -0.05) is 36.1 Å². The van der Waals surface area contributed by atoms with Crippen LogP contribution >= 0.6 is 24.0 Å². The predicted octanol–water partition coefficient (Wildman–Crippen LogP) is 2.25. The number of benzene rings is 2. The van der Waals surface area contributed by atoms with E-state index in [0.29, 0.717) is 5.56 Å². The minimum atomic E-state index is -1.43. The molecule has 0 bridgehead atoms. The Morgan fingerprint density at radius 1 is 1.06 bits per heavy atom. The molecule has 0 radical (unpaired) electrons. The highest BCUT2D eigenvalue weighted by Crippen LogP contribution is 2.33. The molecule has 0 spiro atoms. The number of hydrogen-bond donors (Lipinski definition) is 0. The first-order valence-corrected chi connectivity index (χ1v) is 9.53. The van der Waals surface area contributed by atoms with Gasteiger partial charge in [-0.15, -0.1) is 0 Å². The number of thioether (sulfide) groups is 1. The van der Waals surface area contributed by atoms with Gasteiger partial charge in [0.2, 0.25) is 0 Å². The number of hydrogen-bond acceptors (Lipinski definition) is 10. The van der Waals surface area contributed by atoms with Gasteiger partial charge in [0.05, 0.1) is 45.5 Å². The predicted molar refractivity (Wildman–Crippen MR) is 111 cm³/mol. The molecule has 2 aromatic rings. The van der Waals surface area contributed by atoms with Crippen LogP contribution in [0.25, 0.3) is 6.08 Å². The standard InChI is InChI=1S/C18H11N3O8S2/c22-16(23)9-19-17(24)15(31-18(19)30)5-10-1-3-13(4-2-10)29-14-7-11(20(25)26)6-12(8-14)21(27)28/h1-8H,9H2,(H,22,23)/p-1/b15-5+. The number of carboxylic acids is 1. The molecule has 31 heavy (non-hydrogen) atoms. The number of nitro benzene ring substituents is 2. The van der Waals surface area contributed by atoms with E-state index in [1.807, 2.05) is 0 Å². The van der Waals surface area contributed by atoms with Crippen molar-refractivity contribution in [3.05, 3.63) is 73.2 Å². The van der Waals surface area contributed by atoms with E-state index in [9.17, 15) is 34.9 Å². The fraction of sp³-hybridized carbons (Fsp3) is 0.0556. The van der Waals surface area contributed by atoms with Crippen molar-refractivity contribution in [3.63, 3.8) is 0 Å². The lowest BCUT2D eigenvalue weighted by Crippen LogP contribution is -2.40. The highest BCUT2D eigenvalue weighted by Gasteiger charge is 2.31. The number of carbonyl (C=O) groups excluding carboxylic acids is 2. The number of non-ortho nitro benzene ring substituents is 2. The summed E-state index contributed by atoms with van der Waals surface area (Å²) in [6.45, 7) is -0.635. The number of amides is 1. The Kier molecular flexibility index (Phi) is 6.27. The third-order valence-corrected chi connectivity index (χ3v) is 5.25. The van der Waals surface area contributed by atoms with Crippen molar-refractivity contribution in [3.8, 4) is 11.5 Å². The van der Waals surface area contributed by atoms with E-state index in [2.05, 4.69) is 0 Å². The average molecular weight is 460 g/mol. The first kappa shape index (κ1) is 21.9. The molecule has 1 saturated heterocycles. The lowest BCUT2D eigenvalue weighted by Gasteiger charge is -2.14. The van der Waals surface area contributed by atoms with Gasteiger partial charge in [-0.3, -0.25) is 29.9 Å². The minimum absolute atomic E-state index is 0.0863. The Morgan fingerprint density at radius 2 is 1.65 bits per heavy atom. The summed E-state index contributed by atoms with van der Waals surface area (Å²) in [5.74, 6) is -1.82.